The van der Waals surface area contributed by atoms with E-state index >= 15 is 0 Å². The van der Waals surface area contributed by atoms with Gasteiger partial charge in [-0.3, -0.25) is 10.2 Å². The number of carbonyl (C=O) groups excluding carboxylic acids is 1. The molecule has 32 heavy (non-hydrogen) atoms. The van der Waals surface area contributed by atoms with Crippen LogP contribution in [0.15, 0.2) is 35.8 Å². The Bertz CT molecular complexity index is 837. The SMILES string of the molecule is C#C.C/C=C/C(=C\S)c1ccc(F)c(C(F)(F)F)c1.CNCC(=O)N(C=N)CCC(N)=S. The van der Waals surface area contributed by atoms with Gasteiger partial charge < -0.3 is 16.0 Å². The van der Waals surface area contributed by atoms with Gasteiger partial charge in [-0.1, -0.05) is 30.4 Å². The van der Waals surface area contributed by atoms with Gasteiger partial charge in [0.2, 0.25) is 5.91 Å². The van der Waals surface area contributed by atoms with Crippen LogP contribution in [0.1, 0.15) is 24.5 Å². The second-order valence-electron chi connectivity index (χ2n) is 5.74. The van der Waals surface area contributed by atoms with Crippen LogP contribution < -0.4 is 11.1 Å². The van der Waals surface area contributed by atoms with Gasteiger partial charge in [-0.2, -0.15) is 25.8 Å². The number of likely N-dealkylation sites (N-methyl/N-ethyl adjacent to an activating group) is 1. The van der Waals surface area contributed by atoms with Crippen LogP contribution in [-0.2, 0) is 11.0 Å². The molecule has 5 nitrogen and oxygen atoms in total. The lowest BCUT2D eigenvalue weighted by Crippen LogP contribution is -2.37. The number of alkyl halides is 3. The average molecular weight is 491 g/mol. The topological polar surface area (TPSA) is 82.2 Å². The fourth-order valence-corrected chi connectivity index (χ4v) is 2.39. The first-order chi connectivity index (χ1) is 15.0. The highest BCUT2D eigenvalue weighted by Gasteiger charge is 2.34. The molecule has 4 N–H and O–H groups in total. The number of hydrogen-bond acceptors (Lipinski definition) is 5. The molecule has 0 spiro atoms. The molecule has 0 unspecified atom stereocenters. The molecule has 0 aliphatic rings. The van der Waals surface area contributed by atoms with Crippen molar-refractivity contribution in [1.29, 1.82) is 5.41 Å². The predicted molar refractivity (Wildman–Crippen MR) is 129 cm³/mol. The first kappa shape index (κ1) is 31.5. The lowest BCUT2D eigenvalue weighted by Gasteiger charge is -2.15. The van der Waals surface area contributed by atoms with Crippen LogP contribution in [0.2, 0.25) is 0 Å². The van der Waals surface area contributed by atoms with Crippen molar-refractivity contribution in [3.63, 3.8) is 0 Å². The van der Waals surface area contributed by atoms with Crippen molar-refractivity contribution in [2.24, 2.45) is 5.73 Å². The van der Waals surface area contributed by atoms with Crippen LogP contribution in [0.5, 0.6) is 0 Å². The molecule has 176 valence electrons. The minimum absolute atomic E-state index is 0.159. The van der Waals surface area contributed by atoms with Crippen molar-refractivity contribution in [3.8, 4) is 12.8 Å². The minimum Gasteiger partial charge on any atom is -0.393 e. The van der Waals surface area contributed by atoms with Crippen LogP contribution in [0.3, 0.4) is 0 Å². The van der Waals surface area contributed by atoms with E-state index in [0.717, 1.165) is 18.5 Å². The number of benzene rings is 1. The van der Waals surface area contributed by atoms with Gasteiger partial charge in [0.1, 0.15) is 5.82 Å². The number of halogens is 4. The number of rotatable bonds is 8. The van der Waals surface area contributed by atoms with E-state index in [9.17, 15) is 22.4 Å². The lowest BCUT2D eigenvalue weighted by atomic mass is 10.0. The van der Waals surface area contributed by atoms with Crippen LogP contribution in [-0.4, -0.2) is 42.3 Å². The number of thiol groups is 1. The summed E-state index contributed by atoms with van der Waals surface area (Å²) in [6.07, 6.45) is 7.99. The normalized spacial score (nSPS) is 11.0. The third-order valence-corrected chi connectivity index (χ3v) is 3.98. The molecule has 0 aromatic heterocycles. The van der Waals surface area contributed by atoms with E-state index in [4.69, 9.17) is 11.1 Å². The first-order valence-electron chi connectivity index (χ1n) is 8.92. The molecule has 1 amide bonds. The number of hydrogen-bond donors (Lipinski definition) is 4. The van der Waals surface area contributed by atoms with E-state index in [1.165, 1.54) is 16.4 Å². The van der Waals surface area contributed by atoms with Gasteiger partial charge in [-0.15, -0.1) is 12.8 Å². The molecule has 1 aromatic carbocycles. The summed E-state index contributed by atoms with van der Waals surface area (Å²) in [5.74, 6) is -1.44. The molecule has 1 aromatic rings. The van der Waals surface area contributed by atoms with Gasteiger partial charge in [0.15, 0.2) is 0 Å². The van der Waals surface area contributed by atoms with E-state index in [0.29, 0.717) is 23.5 Å². The number of nitrogens with two attached hydrogens (primary N) is 1. The monoisotopic (exact) mass is 490 g/mol. The summed E-state index contributed by atoms with van der Waals surface area (Å²) in [7, 11) is 1.67. The zero-order chi connectivity index (χ0) is 25.3. The molecular weight excluding hydrogens is 464 g/mol. The zero-order valence-corrected chi connectivity index (χ0v) is 19.3. The van der Waals surface area contributed by atoms with Gasteiger partial charge in [0.05, 0.1) is 23.4 Å². The molecule has 0 saturated heterocycles. The summed E-state index contributed by atoms with van der Waals surface area (Å²) in [6, 6.07) is 2.86. The van der Waals surface area contributed by atoms with Gasteiger partial charge in [0.25, 0.3) is 0 Å². The van der Waals surface area contributed by atoms with Gasteiger partial charge in [-0.25, -0.2) is 4.39 Å². The van der Waals surface area contributed by atoms with Gasteiger partial charge in [0, 0.05) is 13.0 Å². The number of allylic oxidation sites excluding steroid dienone is 3. The van der Waals surface area contributed by atoms with Crippen molar-refractivity contribution in [2.75, 3.05) is 20.1 Å². The third-order valence-electron chi connectivity index (χ3n) is 3.49. The summed E-state index contributed by atoms with van der Waals surface area (Å²) < 4.78 is 50.5. The van der Waals surface area contributed by atoms with Crippen LogP contribution in [0, 0.1) is 24.1 Å². The van der Waals surface area contributed by atoms with E-state index in [1.54, 1.807) is 26.1 Å². The third kappa shape index (κ3) is 12.2. The Morgan fingerprint density at radius 2 is 1.97 bits per heavy atom. The van der Waals surface area contributed by atoms with Crippen molar-refractivity contribution < 1.29 is 22.4 Å². The molecule has 0 aliphatic carbocycles. The molecule has 0 atom stereocenters. The highest BCUT2D eigenvalue weighted by molar-refractivity contribution is 7.83. The summed E-state index contributed by atoms with van der Waals surface area (Å²) in [5.41, 5.74) is 4.76. The second kappa shape index (κ2) is 16.9. The number of carbonyl (C=O) groups is 1. The highest BCUT2D eigenvalue weighted by atomic mass is 32.1. The van der Waals surface area contributed by atoms with E-state index < -0.39 is 17.6 Å². The molecule has 0 radical (unpaired) electrons. The van der Waals surface area contributed by atoms with Crippen LogP contribution in [0.25, 0.3) is 5.57 Å². The fourth-order valence-electron chi connectivity index (χ4n) is 2.06. The summed E-state index contributed by atoms with van der Waals surface area (Å²) in [4.78, 5) is 12.8. The Balaban J connectivity index is 0. The number of nitrogens with zero attached hydrogens (tertiary/aromatic N) is 1. The smallest absolute Gasteiger partial charge is 0.393 e. The van der Waals surface area contributed by atoms with E-state index in [2.05, 4.69) is 43.0 Å². The molecule has 0 fully saturated rings. The summed E-state index contributed by atoms with van der Waals surface area (Å²) >= 11 is 8.57. The number of terminal acetylenes is 1. The van der Waals surface area contributed by atoms with Crippen molar-refractivity contribution >= 4 is 47.7 Å². The average Bonchev–Trinajstić information content (AvgIpc) is 2.74. The Morgan fingerprint density at radius 3 is 2.38 bits per heavy atom. The fraction of sp³-hybridized carbons (Fsp3) is 0.286. The molecule has 0 saturated carbocycles. The van der Waals surface area contributed by atoms with Crippen LogP contribution in [0.4, 0.5) is 17.6 Å². The Labute approximate surface area is 196 Å². The molecule has 0 bridgehead atoms. The maximum absolute atomic E-state index is 13.0. The molecule has 0 heterocycles. The summed E-state index contributed by atoms with van der Waals surface area (Å²) in [6.45, 7) is 2.32. The van der Waals surface area contributed by atoms with E-state index in [-0.39, 0.29) is 18.0 Å². The number of amides is 1. The summed E-state index contributed by atoms with van der Waals surface area (Å²) in [5, 5.41) is 11.1. The van der Waals surface area contributed by atoms with E-state index in [1.807, 2.05) is 0 Å². The second-order valence-corrected chi connectivity index (χ2v) is 6.52. The van der Waals surface area contributed by atoms with Gasteiger partial charge >= 0.3 is 6.18 Å². The Kier molecular flexibility index (Phi) is 16.7. The molecule has 11 heteroatoms. The Morgan fingerprint density at radius 1 is 1.38 bits per heavy atom. The van der Waals surface area contributed by atoms with Crippen LogP contribution >= 0.6 is 24.8 Å². The standard InChI is InChI=1S/C12H10F4S.C7H14N4OS.C2H2/c1-2-3-9(7-17)8-4-5-11(13)10(6-8)12(14,15)16;1-10-4-7(12)11(5-8)3-2-6(9)13;1-2/h2-7,17H,1H3;5,8,10H,2-4H2,1H3,(H2,9,13);1-2H/b3-2+,9-7+;;. The molecule has 1 rings (SSSR count). The maximum Gasteiger partial charge on any atom is 0.419 e. The van der Waals surface area contributed by atoms with Crippen molar-refractivity contribution in [2.45, 2.75) is 19.5 Å². The highest BCUT2D eigenvalue weighted by Crippen LogP contribution is 2.33. The van der Waals surface area contributed by atoms with Gasteiger partial charge in [-0.05, 0) is 42.6 Å². The predicted octanol–water partition coefficient (Wildman–Crippen LogP) is 4.26. The number of nitrogens with one attached hydrogen (secondary N) is 2. The quantitative estimate of drug-likeness (QED) is 0.0835. The molecule has 0 aliphatic heterocycles. The van der Waals surface area contributed by atoms with Crippen molar-refractivity contribution in [3.05, 3.63) is 52.7 Å². The largest absolute Gasteiger partial charge is 0.419 e. The Hall–Kier alpha value is -2.68. The minimum atomic E-state index is -4.70. The lowest BCUT2D eigenvalue weighted by molar-refractivity contribution is -0.140. The first-order valence-corrected chi connectivity index (χ1v) is 9.84. The zero-order valence-electron chi connectivity index (χ0n) is 17.6. The maximum atomic E-state index is 13.0. The number of thiocarbonyl (C=S) groups is 1. The molecular formula is C21H26F4N4OS2. The van der Waals surface area contributed by atoms with Crippen molar-refractivity contribution in [1.82, 2.24) is 10.2 Å².